The Hall–Kier alpha value is -1.79. The van der Waals surface area contributed by atoms with Crippen molar-refractivity contribution >= 4 is 40.6 Å². The fourth-order valence-corrected chi connectivity index (χ4v) is 5.84. The van der Waals surface area contributed by atoms with Gasteiger partial charge in [0, 0.05) is 22.7 Å². The fraction of sp³-hybridized carbons (Fsp3) is 0.429. The minimum Gasteiger partial charge on any atom is -0.348 e. The van der Waals surface area contributed by atoms with Crippen molar-refractivity contribution in [2.24, 2.45) is 5.92 Å². The molecule has 0 unspecified atom stereocenters. The Bertz CT molecular complexity index is 800. The second kappa shape index (κ2) is 8.48. The van der Waals surface area contributed by atoms with E-state index in [2.05, 4.69) is 22.8 Å². The molecule has 6 heteroatoms. The predicted octanol–water partition coefficient (Wildman–Crippen LogP) is 4.62. The summed E-state index contributed by atoms with van der Waals surface area (Å²) < 4.78 is 0. The van der Waals surface area contributed by atoms with Crippen molar-refractivity contribution in [3.8, 4) is 0 Å². The summed E-state index contributed by atoms with van der Waals surface area (Å²) in [5, 5.41) is 5.34. The third kappa shape index (κ3) is 4.22. The lowest BCUT2D eigenvalue weighted by molar-refractivity contribution is -0.122. The molecule has 4 rings (SSSR count). The number of fused-ring (bicyclic) bond motifs is 1. The van der Waals surface area contributed by atoms with Gasteiger partial charge in [-0.2, -0.15) is 0 Å². The lowest BCUT2D eigenvalue weighted by Gasteiger charge is -2.29. The zero-order valence-electron chi connectivity index (χ0n) is 15.2. The van der Waals surface area contributed by atoms with Crippen LogP contribution in [-0.4, -0.2) is 24.1 Å². The van der Waals surface area contributed by atoms with Crippen molar-refractivity contribution in [2.45, 2.75) is 43.0 Å². The summed E-state index contributed by atoms with van der Waals surface area (Å²) in [4.78, 5) is 29.2. The summed E-state index contributed by atoms with van der Waals surface area (Å²) in [5.41, 5.74) is 0.928. The van der Waals surface area contributed by atoms with E-state index in [1.807, 2.05) is 24.3 Å². The molecular weight excluding hydrogens is 376 g/mol. The van der Waals surface area contributed by atoms with Gasteiger partial charge < -0.3 is 10.2 Å². The first-order valence-electron chi connectivity index (χ1n) is 9.57. The lowest BCUT2D eigenvalue weighted by Crippen LogP contribution is -2.39. The van der Waals surface area contributed by atoms with Crippen molar-refractivity contribution in [3.63, 3.8) is 0 Å². The number of hydrogen-bond acceptors (Lipinski definition) is 4. The second-order valence-electron chi connectivity index (χ2n) is 7.16. The quantitative estimate of drug-likeness (QED) is 0.769. The van der Waals surface area contributed by atoms with Crippen LogP contribution in [0.4, 0.5) is 5.69 Å². The Morgan fingerprint density at radius 1 is 1.19 bits per heavy atom. The van der Waals surface area contributed by atoms with Crippen LogP contribution >= 0.6 is 23.1 Å². The summed E-state index contributed by atoms with van der Waals surface area (Å²) in [6.45, 7) is 0.435. The molecule has 0 saturated heterocycles. The highest BCUT2D eigenvalue weighted by Crippen LogP contribution is 2.38. The van der Waals surface area contributed by atoms with E-state index in [9.17, 15) is 9.59 Å². The Kier molecular flexibility index (Phi) is 5.83. The monoisotopic (exact) mass is 400 g/mol. The first-order valence-corrected chi connectivity index (χ1v) is 11.4. The van der Waals surface area contributed by atoms with E-state index in [1.54, 1.807) is 28.0 Å². The van der Waals surface area contributed by atoms with Gasteiger partial charge in [0.2, 0.25) is 11.8 Å². The van der Waals surface area contributed by atoms with Crippen molar-refractivity contribution in [1.29, 1.82) is 0 Å². The molecule has 1 saturated carbocycles. The topological polar surface area (TPSA) is 49.4 Å². The fourth-order valence-electron chi connectivity index (χ4n) is 4.04. The van der Waals surface area contributed by atoms with E-state index < -0.39 is 0 Å². The van der Waals surface area contributed by atoms with E-state index in [-0.39, 0.29) is 17.9 Å². The smallest absolute Gasteiger partial charge is 0.237 e. The summed E-state index contributed by atoms with van der Waals surface area (Å²) in [7, 11) is 0. The summed E-state index contributed by atoms with van der Waals surface area (Å²) in [6.07, 6.45) is 5.19. The van der Waals surface area contributed by atoms with Gasteiger partial charge in [0.25, 0.3) is 0 Å². The van der Waals surface area contributed by atoms with Crippen molar-refractivity contribution in [2.75, 3.05) is 17.2 Å². The molecule has 0 spiro atoms. The number of para-hydroxylation sites is 1. The third-order valence-electron chi connectivity index (χ3n) is 5.41. The molecule has 1 aliphatic heterocycles. The minimum atomic E-state index is 0.0313. The van der Waals surface area contributed by atoms with E-state index >= 15 is 0 Å². The second-order valence-corrected chi connectivity index (χ2v) is 9.15. The van der Waals surface area contributed by atoms with E-state index in [4.69, 9.17) is 0 Å². The zero-order valence-corrected chi connectivity index (χ0v) is 16.9. The average molecular weight is 401 g/mol. The van der Waals surface area contributed by atoms with Gasteiger partial charge in [0.1, 0.15) is 0 Å². The molecule has 0 bridgehead atoms. The van der Waals surface area contributed by atoms with Crippen LogP contribution in [0.25, 0.3) is 0 Å². The number of carbonyl (C=O) groups excluding carboxylic acids is 2. The van der Waals surface area contributed by atoms with E-state index in [1.165, 1.54) is 30.6 Å². The molecule has 142 valence electrons. The number of rotatable bonds is 6. The standard InChI is InChI=1S/C21H24N2O2S2/c24-19(22-21(15-6-1-2-7-15)18-10-5-13-26-18)11-12-23-16-8-3-4-9-17(16)27-14-20(23)25/h3-5,8-10,13,15,21H,1-2,6-7,11-12,14H2,(H,22,24)/t21-/m0/s1. The van der Waals surface area contributed by atoms with Gasteiger partial charge in [0.05, 0.1) is 17.5 Å². The summed E-state index contributed by atoms with van der Waals surface area (Å²) in [6, 6.07) is 12.2. The van der Waals surface area contributed by atoms with Crippen LogP contribution in [0.1, 0.15) is 43.0 Å². The largest absolute Gasteiger partial charge is 0.348 e. The maximum absolute atomic E-state index is 12.7. The Labute approximate surface area is 168 Å². The van der Waals surface area contributed by atoms with Gasteiger partial charge in [-0.1, -0.05) is 31.0 Å². The third-order valence-corrected chi connectivity index (χ3v) is 7.41. The van der Waals surface area contributed by atoms with Gasteiger partial charge >= 0.3 is 0 Å². The maximum atomic E-state index is 12.7. The van der Waals surface area contributed by atoms with Gasteiger partial charge in [-0.25, -0.2) is 0 Å². The number of thioether (sulfide) groups is 1. The first kappa shape index (κ1) is 18.6. The number of carbonyl (C=O) groups is 2. The molecule has 2 aliphatic rings. The summed E-state index contributed by atoms with van der Waals surface area (Å²) in [5.74, 6) is 1.08. The van der Waals surface area contributed by atoms with Gasteiger partial charge in [-0.15, -0.1) is 23.1 Å². The minimum absolute atomic E-state index is 0.0313. The highest BCUT2D eigenvalue weighted by molar-refractivity contribution is 8.00. The SMILES string of the molecule is O=C(CCN1C(=O)CSc2ccccc21)N[C@H](c1cccs1)C1CCCC1. The lowest BCUT2D eigenvalue weighted by atomic mass is 9.96. The molecule has 27 heavy (non-hydrogen) atoms. The molecule has 2 heterocycles. The normalized spacial score (nSPS) is 18.4. The van der Waals surface area contributed by atoms with E-state index in [0.717, 1.165) is 10.6 Å². The number of thiophene rings is 1. The van der Waals surface area contributed by atoms with Crippen LogP contribution in [0.15, 0.2) is 46.7 Å². The molecule has 2 amide bonds. The Morgan fingerprint density at radius 2 is 2.00 bits per heavy atom. The van der Waals surface area contributed by atoms with Crippen LogP contribution in [0.3, 0.4) is 0 Å². The molecule has 1 aromatic heterocycles. The zero-order chi connectivity index (χ0) is 18.6. The van der Waals surface area contributed by atoms with Crippen LogP contribution in [0.5, 0.6) is 0 Å². The molecule has 1 atom stereocenters. The van der Waals surface area contributed by atoms with Crippen LogP contribution in [-0.2, 0) is 9.59 Å². The number of amides is 2. The predicted molar refractivity (Wildman–Crippen MR) is 111 cm³/mol. The molecule has 2 aromatic rings. The number of nitrogens with one attached hydrogen (secondary N) is 1. The Balaban J connectivity index is 1.41. The molecule has 1 N–H and O–H groups in total. The molecule has 4 nitrogen and oxygen atoms in total. The molecule has 0 radical (unpaired) electrons. The molecule has 1 aliphatic carbocycles. The first-order chi connectivity index (χ1) is 13.2. The van der Waals surface area contributed by atoms with Crippen molar-refractivity contribution in [1.82, 2.24) is 5.32 Å². The van der Waals surface area contributed by atoms with Gasteiger partial charge in [-0.3, -0.25) is 9.59 Å². The maximum Gasteiger partial charge on any atom is 0.237 e. The number of hydrogen-bond donors (Lipinski definition) is 1. The van der Waals surface area contributed by atoms with Crippen molar-refractivity contribution < 1.29 is 9.59 Å². The summed E-state index contributed by atoms with van der Waals surface area (Å²) >= 11 is 3.29. The van der Waals surface area contributed by atoms with Crippen LogP contribution in [0.2, 0.25) is 0 Å². The van der Waals surface area contributed by atoms with Crippen LogP contribution in [0, 0.1) is 5.92 Å². The number of anilines is 1. The average Bonchev–Trinajstić information content (AvgIpc) is 3.39. The number of benzene rings is 1. The molecule has 1 aromatic carbocycles. The molecular formula is C21H24N2O2S2. The molecule has 1 fully saturated rings. The van der Waals surface area contributed by atoms with Crippen molar-refractivity contribution in [3.05, 3.63) is 46.7 Å². The van der Waals surface area contributed by atoms with Gasteiger partial charge in [-0.05, 0) is 42.3 Å². The van der Waals surface area contributed by atoms with Crippen LogP contribution < -0.4 is 10.2 Å². The number of nitrogens with zero attached hydrogens (tertiary/aromatic N) is 1. The van der Waals surface area contributed by atoms with Gasteiger partial charge in [0.15, 0.2) is 0 Å². The Morgan fingerprint density at radius 3 is 2.78 bits per heavy atom. The van der Waals surface area contributed by atoms with E-state index in [0.29, 0.717) is 24.6 Å². The highest BCUT2D eigenvalue weighted by Gasteiger charge is 2.29. The highest BCUT2D eigenvalue weighted by atomic mass is 32.2.